The van der Waals surface area contributed by atoms with E-state index < -0.39 is 16.1 Å². The van der Waals surface area contributed by atoms with Gasteiger partial charge in [0.25, 0.3) is 0 Å². The van der Waals surface area contributed by atoms with E-state index in [1.807, 2.05) is 0 Å². The number of ether oxygens (including phenoxy) is 1. The summed E-state index contributed by atoms with van der Waals surface area (Å²) < 4.78 is 32.8. The maximum Gasteiger partial charge on any atom is 0.243 e. The highest BCUT2D eigenvalue weighted by Gasteiger charge is 2.26. The number of anilines is 1. The second kappa shape index (κ2) is 7.30. The van der Waals surface area contributed by atoms with Gasteiger partial charge >= 0.3 is 0 Å². The van der Waals surface area contributed by atoms with Crippen molar-refractivity contribution in [2.75, 3.05) is 44.7 Å². The smallest absolute Gasteiger partial charge is 0.243 e. The lowest BCUT2D eigenvalue weighted by atomic mass is 10.3. The van der Waals surface area contributed by atoms with Gasteiger partial charge in [-0.3, -0.25) is 0 Å². The molecule has 0 bridgehead atoms. The molecule has 1 aliphatic heterocycles. The van der Waals surface area contributed by atoms with Crippen molar-refractivity contribution in [2.45, 2.75) is 11.0 Å². The van der Waals surface area contributed by atoms with Gasteiger partial charge in [0.05, 0.1) is 34.4 Å². The average molecular weight is 372 g/mol. The molecule has 8 nitrogen and oxygen atoms in total. The lowest BCUT2D eigenvalue weighted by Crippen LogP contribution is -2.40. The van der Waals surface area contributed by atoms with Gasteiger partial charge in [-0.15, -0.1) is 0 Å². The van der Waals surface area contributed by atoms with Crippen LogP contribution >= 0.6 is 11.3 Å². The Bertz CT molecular complexity index is 802. The van der Waals surface area contributed by atoms with Crippen LogP contribution in [0, 0.1) is 0 Å². The summed E-state index contributed by atoms with van der Waals surface area (Å²) in [6.45, 7) is 2.04. The summed E-state index contributed by atoms with van der Waals surface area (Å²) >= 11 is 1.34. The molecule has 1 saturated heterocycles. The standard InChI is InChI=1S/C14H20N4O4S2/c15-8-10(19)9-16-14-17-12-2-1-11(7-13(12)23-14)24(20,21)18-3-5-22-6-4-18/h1-2,7,10,19H,3-6,8-9,15H2,(H,16,17). The molecule has 0 aliphatic carbocycles. The van der Waals surface area contributed by atoms with E-state index in [-0.39, 0.29) is 11.4 Å². The molecule has 1 fully saturated rings. The number of hydrogen-bond donors (Lipinski definition) is 3. The van der Waals surface area contributed by atoms with Gasteiger partial charge in [-0.05, 0) is 18.2 Å². The fourth-order valence-electron chi connectivity index (χ4n) is 2.37. The predicted molar refractivity (Wildman–Crippen MR) is 92.7 cm³/mol. The number of thiazole rings is 1. The third-order valence-electron chi connectivity index (χ3n) is 3.73. The van der Waals surface area contributed by atoms with Gasteiger partial charge in [0.1, 0.15) is 0 Å². The molecular formula is C14H20N4O4S2. The molecule has 1 atom stereocenters. The number of hydrogen-bond acceptors (Lipinski definition) is 8. The van der Waals surface area contributed by atoms with Gasteiger partial charge < -0.3 is 20.9 Å². The highest BCUT2D eigenvalue weighted by Crippen LogP contribution is 2.29. The molecule has 1 aromatic carbocycles. The molecule has 1 aliphatic rings. The Morgan fingerprint density at radius 3 is 2.88 bits per heavy atom. The Morgan fingerprint density at radius 1 is 1.42 bits per heavy atom. The van der Waals surface area contributed by atoms with E-state index in [1.54, 1.807) is 18.2 Å². The lowest BCUT2D eigenvalue weighted by molar-refractivity contribution is 0.0730. The molecule has 0 amide bonds. The Kier molecular flexibility index (Phi) is 5.33. The van der Waals surface area contributed by atoms with Crippen molar-refractivity contribution >= 4 is 36.7 Å². The van der Waals surface area contributed by atoms with E-state index in [9.17, 15) is 13.5 Å². The van der Waals surface area contributed by atoms with Crippen molar-refractivity contribution < 1.29 is 18.3 Å². The normalized spacial score (nSPS) is 17.9. The van der Waals surface area contributed by atoms with Crippen molar-refractivity contribution in [3.63, 3.8) is 0 Å². The molecule has 0 saturated carbocycles. The molecule has 0 radical (unpaired) electrons. The zero-order valence-electron chi connectivity index (χ0n) is 13.0. The number of nitrogens with one attached hydrogen (secondary N) is 1. The number of aromatic nitrogens is 1. The molecule has 24 heavy (non-hydrogen) atoms. The molecule has 1 aromatic heterocycles. The molecule has 4 N–H and O–H groups in total. The molecule has 0 spiro atoms. The molecule has 3 rings (SSSR count). The van der Waals surface area contributed by atoms with E-state index >= 15 is 0 Å². The summed E-state index contributed by atoms with van der Waals surface area (Å²) in [6, 6.07) is 4.91. The summed E-state index contributed by atoms with van der Waals surface area (Å²) in [5, 5.41) is 13.1. The van der Waals surface area contributed by atoms with Crippen molar-refractivity contribution in [3.8, 4) is 0 Å². The van der Waals surface area contributed by atoms with Crippen LogP contribution in [0.4, 0.5) is 5.13 Å². The van der Waals surface area contributed by atoms with Crippen molar-refractivity contribution in [3.05, 3.63) is 18.2 Å². The first-order valence-electron chi connectivity index (χ1n) is 7.61. The number of benzene rings is 1. The van der Waals surface area contributed by atoms with Crippen LogP contribution in [0.15, 0.2) is 23.1 Å². The van der Waals surface area contributed by atoms with Crippen LogP contribution in [0.2, 0.25) is 0 Å². The fraction of sp³-hybridized carbons (Fsp3) is 0.500. The van der Waals surface area contributed by atoms with Crippen LogP contribution in [0.3, 0.4) is 0 Å². The number of nitrogens with two attached hydrogens (primary N) is 1. The van der Waals surface area contributed by atoms with Crippen LogP contribution in [-0.4, -0.2) is 68.3 Å². The molecular weight excluding hydrogens is 352 g/mol. The topological polar surface area (TPSA) is 118 Å². The summed E-state index contributed by atoms with van der Waals surface area (Å²) in [7, 11) is -3.52. The van der Waals surface area contributed by atoms with Crippen LogP contribution in [0.5, 0.6) is 0 Å². The van der Waals surface area contributed by atoms with Gasteiger partial charge in [0, 0.05) is 26.2 Å². The van der Waals surface area contributed by atoms with Crippen molar-refractivity contribution in [1.82, 2.24) is 9.29 Å². The Balaban J connectivity index is 1.82. The van der Waals surface area contributed by atoms with Crippen molar-refractivity contribution in [2.24, 2.45) is 5.73 Å². The van der Waals surface area contributed by atoms with Crippen LogP contribution < -0.4 is 11.1 Å². The van der Waals surface area contributed by atoms with E-state index in [4.69, 9.17) is 10.5 Å². The second-order valence-electron chi connectivity index (χ2n) is 5.44. The average Bonchev–Trinajstić information content (AvgIpc) is 3.02. The van der Waals surface area contributed by atoms with Gasteiger partial charge in [0.2, 0.25) is 10.0 Å². The molecule has 2 heterocycles. The van der Waals surface area contributed by atoms with Gasteiger partial charge in [-0.1, -0.05) is 11.3 Å². The maximum atomic E-state index is 12.7. The first-order valence-corrected chi connectivity index (χ1v) is 9.87. The highest BCUT2D eigenvalue weighted by atomic mass is 32.2. The van der Waals surface area contributed by atoms with Crippen LogP contribution in [0.1, 0.15) is 0 Å². The van der Waals surface area contributed by atoms with E-state index in [1.165, 1.54) is 15.6 Å². The maximum absolute atomic E-state index is 12.7. The third kappa shape index (κ3) is 3.68. The monoisotopic (exact) mass is 372 g/mol. The zero-order valence-corrected chi connectivity index (χ0v) is 14.6. The zero-order chi connectivity index (χ0) is 17.2. The summed E-state index contributed by atoms with van der Waals surface area (Å²) in [6.07, 6.45) is -0.644. The van der Waals surface area contributed by atoms with E-state index in [0.717, 1.165) is 4.70 Å². The van der Waals surface area contributed by atoms with Gasteiger partial charge in [0.15, 0.2) is 5.13 Å². The van der Waals surface area contributed by atoms with Gasteiger partial charge in [-0.2, -0.15) is 4.31 Å². The number of fused-ring (bicyclic) bond motifs is 1. The number of rotatable bonds is 6. The van der Waals surface area contributed by atoms with E-state index in [2.05, 4.69) is 10.3 Å². The Morgan fingerprint density at radius 2 is 2.17 bits per heavy atom. The number of aliphatic hydroxyl groups excluding tert-OH is 1. The number of nitrogens with zero attached hydrogens (tertiary/aromatic N) is 2. The van der Waals surface area contributed by atoms with Gasteiger partial charge in [-0.25, -0.2) is 13.4 Å². The molecule has 10 heteroatoms. The predicted octanol–water partition coefficient (Wildman–Crippen LogP) is 0.0487. The minimum atomic E-state index is -3.52. The first kappa shape index (κ1) is 17.5. The second-order valence-corrected chi connectivity index (χ2v) is 8.40. The number of morpholine rings is 1. The molecule has 2 aromatic rings. The van der Waals surface area contributed by atoms with Crippen molar-refractivity contribution in [1.29, 1.82) is 0 Å². The third-order valence-corrected chi connectivity index (χ3v) is 6.60. The lowest BCUT2D eigenvalue weighted by Gasteiger charge is -2.25. The van der Waals surface area contributed by atoms with Crippen LogP contribution in [0.25, 0.3) is 10.2 Å². The summed E-state index contributed by atoms with van der Waals surface area (Å²) in [5.74, 6) is 0. The largest absolute Gasteiger partial charge is 0.390 e. The SMILES string of the molecule is NCC(O)CNc1nc2ccc(S(=O)(=O)N3CCOCC3)cc2s1. The fourth-order valence-corrected chi connectivity index (χ4v) is 4.79. The number of sulfonamides is 1. The van der Waals surface area contributed by atoms with Crippen LogP contribution in [-0.2, 0) is 14.8 Å². The molecule has 1 unspecified atom stereocenters. The Labute approximate surface area is 144 Å². The number of aliphatic hydroxyl groups is 1. The highest BCUT2D eigenvalue weighted by molar-refractivity contribution is 7.89. The minimum absolute atomic E-state index is 0.167. The minimum Gasteiger partial charge on any atom is -0.390 e. The van der Waals surface area contributed by atoms with E-state index in [0.29, 0.717) is 43.5 Å². The first-order chi connectivity index (χ1) is 11.5. The summed E-state index contributed by atoms with van der Waals surface area (Å²) in [4.78, 5) is 4.64. The molecule has 132 valence electrons. The Hall–Kier alpha value is -1.30. The quantitative estimate of drug-likeness (QED) is 0.656. The summed E-state index contributed by atoms with van der Waals surface area (Å²) in [5.41, 5.74) is 6.08.